The summed E-state index contributed by atoms with van der Waals surface area (Å²) in [4.78, 5) is 0. The van der Waals surface area contributed by atoms with Gasteiger partial charge in [0, 0.05) is 0 Å². The van der Waals surface area contributed by atoms with Gasteiger partial charge in [-0.25, -0.2) is 0 Å². The minimum atomic E-state index is 0. The third-order valence-corrected chi connectivity index (χ3v) is 1.97. The van der Waals surface area contributed by atoms with Crippen molar-refractivity contribution >= 4 is 0 Å². The lowest BCUT2D eigenvalue weighted by molar-refractivity contribution is -0.857. The quantitative estimate of drug-likeness (QED) is 0.504. The Hall–Kier alpha value is -0.0100. The van der Waals surface area contributed by atoms with Gasteiger partial charge in [0.2, 0.25) is 0 Å². The van der Waals surface area contributed by atoms with Crippen LogP contribution in [0.25, 0.3) is 0 Å². The first-order chi connectivity index (χ1) is 4.68. The number of rotatable bonds is 4. The normalized spacial score (nSPS) is 16.0. The van der Waals surface area contributed by atoms with Crippen molar-refractivity contribution in [3.63, 3.8) is 0 Å². The van der Waals surface area contributed by atoms with Crippen LogP contribution < -0.4 is 12.4 Å². The highest BCUT2D eigenvalue weighted by molar-refractivity contribution is 4.66. The second kappa shape index (κ2) is 6.68. The predicted octanol–water partition coefficient (Wildman–Crippen LogP) is -0.599. The molecule has 1 atom stereocenters. The van der Waals surface area contributed by atoms with Crippen LogP contribution in [-0.4, -0.2) is 24.6 Å². The van der Waals surface area contributed by atoms with Crippen molar-refractivity contribution in [2.45, 2.75) is 27.2 Å². The van der Waals surface area contributed by atoms with Gasteiger partial charge in [-0.15, -0.1) is 0 Å². The SMILES string of the molecule is CC=C[N+](C)(CC)CCC.[Cl-]. The van der Waals surface area contributed by atoms with Crippen molar-refractivity contribution in [1.82, 2.24) is 0 Å². The van der Waals surface area contributed by atoms with E-state index < -0.39 is 0 Å². The van der Waals surface area contributed by atoms with E-state index in [2.05, 4.69) is 40.1 Å². The first kappa shape index (κ1) is 13.6. The molecule has 1 unspecified atom stereocenters. The molecule has 0 aromatic carbocycles. The van der Waals surface area contributed by atoms with Crippen LogP contribution in [0, 0.1) is 0 Å². The second-order valence-electron chi connectivity index (χ2n) is 3.00. The molecule has 0 aromatic rings. The highest BCUT2D eigenvalue weighted by Crippen LogP contribution is 2.03. The van der Waals surface area contributed by atoms with Crippen LogP contribution in [0.1, 0.15) is 27.2 Å². The molecule has 0 heterocycles. The van der Waals surface area contributed by atoms with Gasteiger partial charge in [-0.2, -0.15) is 0 Å². The van der Waals surface area contributed by atoms with Gasteiger partial charge < -0.3 is 16.9 Å². The van der Waals surface area contributed by atoms with Crippen LogP contribution in [0.15, 0.2) is 12.3 Å². The topological polar surface area (TPSA) is 0 Å². The zero-order valence-corrected chi connectivity index (χ0v) is 8.86. The van der Waals surface area contributed by atoms with E-state index in [4.69, 9.17) is 0 Å². The molecule has 2 heteroatoms. The number of nitrogens with zero attached hydrogens (tertiary/aromatic N) is 1. The third-order valence-electron chi connectivity index (χ3n) is 1.97. The Bertz CT molecular complexity index is 112. The summed E-state index contributed by atoms with van der Waals surface area (Å²) in [7, 11) is 2.27. The molecule has 0 amide bonds. The Morgan fingerprint density at radius 2 is 1.82 bits per heavy atom. The van der Waals surface area contributed by atoms with E-state index in [9.17, 15) is 0 Å². The summed E-state index contributed by atoms with van der Waals surface area (Å²) >= 11 is 0. The number of allylic oxidation sites excluding steroid dienone is 1. The summed E-state index contributed by atoms with van der Waals surface area (Å²) < 4.78 is 1.08. The van der Waals surface area contributed by atoms with E-state index in [1.807, 2.05) is 0 Å². The fourth-order valence-corrected chi connectivity index (χ4v) is 1.21. The lowest BCUT2D eigenvalue weighted by Gasteiger charge is -2.28. The van der Waals surface area contributed by atoms with E-state index in [-0.39, 0.29) is 12.4 Å². The molecule has 0 fully saturated rings. The molecule has 0 radical (unpaired) electrons. The molecule has 0 aromatic heterocycles. The van der Waals surface area contributed by atoms with E-state index in [0.29, 0.717) is 0 Å². The first-order valence-corrected chi connectivity index (χ1v) is 4.16. The van der Waals surface area contributed by atoms with Crippen LogP contribution in [0.3, 0.4) is 0 Å². The zero-order valence-electron chi connectivity index (χ0n) is 8.10. The summed E-state index contributed by atoms with van der Waals surface area (Å²) in [6.07, 6.45) is 5.66. The van der Waals surface area contributed by atoms with Crippen molar-refractivity contribution in [3.8, 4) is 0 Å². The van der Waals surface area contributed by atoms with Crippen molar-refractivity contribution in [1.29, 1.82) is 0 Å². The summed E-state index contributed by atoms with van der Waals surface area (Å²) in [5.74, 6) is 0. The van der Waals surface area contributed by atoms with Gasteiger partial charge in [-0.3, -0.25) is 0 Å². The van der Waals surface area contributed by atoms with Crippen molar-refractivity contribution in [2.75, 3.05) is 20.1 Å². The van der Waals surface area contributed by atoms with E-state index in [1.165, 1.54) is 19.5 Å². The number of hydrogen-bond donors (Lipinski definition) is 0. The highest BCUT2D eigenvalue weighted by atomic mass is 35.5. The maximum absolute atomic E-state index is 2.27. The largest absolute Gasteiger partial charge is 1.00 e. The molecule has 0 saturated carbocycles. The van der Waals surface area contributed by atoms with E-state index >= 15 is 0 Å². The smallest absolute Gasteiger partial charge is 0.0913 e. The molecule has 0 rings (SSSR count). The lowest BCUT2D eigenvalue weighted by atomic mass is 10.3. The van der Waals surface area contributed by atoms with Gasteiger partial charge in [-0.1, -0.05) is 6.92 Å². The van der Waals surface area contributed by atoms with Gasteiger partial charge in [0.05, 0.1) is 26.3 Å². The summed E-state index contributed by atoms with van der Waals surface area (Å²) in [6.45, 7) is 8.99. The predicted molar refractivity (Wildman–Crippen MR) is 46.7 cm³/mol. The van der Waals surface area contributed by atoms with Gasteiger partial charge >= 0.3 is 0 Å². The maximum atomic E-state index is 2.27. The number of halogens is 1. The van der Waals surface area contributed by atoms with Crippen LogP contribution in [0.4, 0.5) is 0 Å². The molecule has 1 nitrogen and oxygen atoms in total. The van der Waals surface area contributed by atoms with Crippen LogP contribution in [0.2, 0.25) is 0 Å². The maximum Gasteiger partial charge on any atom is 0.0913 e. The molecule has 0 bridgehead atoms. The molecule has 0 spiro atoms. The van der Waals surface area contributed by atoms with Crippen molar-refractivity contribution in [2.24, 2.45) is 0 Å². The first-order valence-electron chi connectivity index (χ1n) is 4.16. The van der Waals surface area contributed by atoms with Crippen LogP contribution in [0.5, 0.6) is 0 Å². The molecular weight excluding hydrogens is 158 g/mol. The molecule has 11 heavy (non-hydrogen) atoms. The third kappa shape index (κ3) is 5.28. The van der Waals surface area contributed by atoms with Crippen LogP contribution >= 0.6 is 0 Å². The zero-order chi connectivity index (χ0) is 8.04. The molecule has 0 N–H and O–H groups in total. The fraction of sp³-hybridized carbons (Fsp3) is 0.778. The number of hydrogen-bond acceptors (Lipinski definition) is 0. The second-order valence-corrected chi connectivity index (χ2v) is 3.00. The highest BCUT2D eigenvalue weighted by Gasteiger charge is 2.12. The number of quaternary nitrogens is 1. The Morgan fingerprint density at radius 1 is 1.27 bits per heavy atom. The van der Waals surface area contributed by atoms with E-state index in [0.717, 1.165) is 4.48 Å². The molecule has 0 saturated heterocycles. The molecule has 68 valence electrons. The lowest BCUT2D eigenvalue weighted by Crippen LogP contribution is -3.00. The summed E-state index contributed by atoms with van der Waals surface area (Å²) in [5.41, 5.74) is 0. The van der Waals surface area contributed by atoms with Crippen molar-refractivity contribution < 1.29 is 16.9 Å². The average molecular weight is 178 g/mol. The van der Waals surface area contributed by atoms with E-state index in [1.54, 1.807) is 0 Å². The standard InChI is InChI=1S/C9H20N.ClH/c1-5-8-10(4,7-3)9-6-2;/h5,8H,6-7,9H2,1-4H3;1H/q+1;/p-1. The molecule has 0 aliphatic heterocycles. The molecule has 0 aliphatic rings. The Balaban J connectivity index is 0. The molecule has 0 aliphatic carbocycles. The Morgan fingerprint density at radius 3 is 2.09 bits per heavy atom. The monoisotopic (exact) mass is 177 g/mol. The minimum absolute atomic E-state index is 0. The summed E-state index contributed by atoms with van der Waals surface area (Å²) in [6, 6.07) is 0. The van der Waals surface area contributed by atoms with Gasteiger partial charge in [-0.05, 0) is 26.3 Å². The Kier molecular flexibility index (Phi) is 8.25. The Labute approximate surface area is 77.1 Å². The van der Waals surface area contributed by atoms with Crippen LogP contribution in [-0.2, 0) is 0 Å². The summed E-state index contributed by atoms with van der Waals surface area (Å²) in [5, 5.41) is 0. The average Bonchev–Trinajstić information content (AvgIpc) is 1.89. The van der Waals surface area contributed by atoms with Gasteiger partial charge in [0.1, 0.15) is 0 Å². The van der Waals surface area contributed by atoms with Gasteiger partial charge in [0.25, 0.3) is 0 Å². The van der Waals surface area contributed by atoms with Gasteiger partial charge in [0.15, 0.2) is 0 Å². The minimum Gasteiger partial charge on any atom is -1.00 e. The molecular formula is C9H20ClN. The fourth-order valence-electron chi connectivity index (χ4n) is 1.21. The van der Waals surface area contributed by atoms with Crippen molar-refractivity contribution in [3.05, 3.63) is 12.3 Å².